The molecule has 0 saturated carbocycles. The highest BCUT2D eigenvalue weighted by Gasteiger charge is 2.19. The van der Waals surface area contributed by atoms with E-state index in [1.807, 2.05) is 50.1 Å². The van der Waals surface area contributed by atoms with Gasteiger partial charge >= 0.3 is 0 Å². The first-order valence-electron chi connectivity index (χ1n) is 10.5. The van der Waals surface area contributed by atoms with Crippen molar-refractivity contribution >= 4 is 11.8 Å². The van der Waals surface area contributed by atoms with Crippen LogP contribution in [-0.2, 0) is 17.9 Å². The summed E-state index contributed by atoms with van der Waals surface area (Å²) in [5.74, 6) is 1.34. The van der Waals surface area contributed by atoms with Crippen LogP contribution in [0.5, 0.6) is 0 Å². The van der Waals surface area contributed by atoms with Crippen molar-refractivity contribution in [2.24, 2.45) is 11.8 Å². The van der Waals surface area contributed by atoms with Gasteiger partial charge in [0.25, 0.3) is 5.91 Å². The van der Waals surface area contributed by atoms with Gasteiger partial charge in [0.1, 0.15) is 5.76 Å². The Balaban J connectivity index is 2.07. The van der Waals surface area contributed by atoms with Crippen LogP contribution < -0.4 is 5.32 Å². The topological polar surface area (TPSA) is 67.5 Å². The van der Waals surface area contributed by atoms with Crippen molar-refractivity contribution in [3.8, 4) is 0 Å². The molecule has 0 radical (unpaired) electrons. The second kappa shape index (κ2) is 10.3. The van der Waals surface area contributed by atoms with Crippen LogP contribution in [0, 0.1) is 11.8 Å². The molecule has 0 spiro atoms. The molecule has 29 heavy (non-hydrogen) atoms. The van der Waals surface area contributed by atoms with Crippen LogP contribution in [0.2, 0.25) is 0 Å². The second-order valence-corrected chi connectivity index (χ2v) is 8.31. The maximum absolute atomic E-state index is 12.5. The van der Waals surface area contributed by atoms with Crippen molar-refractivity contribution in [2.45, 2.75) is 67.1 Å². The lowest BCUT2D eigenvalue weighted by molar-refractivity contribution is -0.135. The molecule has 6 heteroatoms. The number of carbonyl (C=O) groups excluding carboxylic acids is 2. The number of furan rings is 1. The summed E-state index contributed by atoms with van der Waals surface area (Å²) < 4.78 is 7.84. The fraction of sp³-hybridized carbons (Fsp3) is 0.565. The van der Waals surface area contributed by atoms with E-state index in [4.69, 9.17) is 4.42 Å². The summed E-state index contributed by atoms with van der Waals surface area (Å²) in [6, 6.07) is 7.63. The Bertz CT molecular complexity index is 804. The van der Waals surface area contributed by atoms with E-state index >= 15 is 0 Å². The average Bonchev–Trinajstić information content (AvgIpc) is 3.30. The van der Waals surface area contributed by atoms with Crippen molar-refractivity contribution in [3.63, 3.8) is 0 Å². The molecule has 0 aliphatic heterocycles. The monoisotopic (exact) mass is 401 g/mol. The lowest BCUT2D eigenvalue weighted by atomic mass is 10.1. The molecule has 0 fully saturated rings. The molecule has 2 amide bonds. The summed E-state index contributed by atoms with van der Waals surface area (Å²) in [7, 11) is 0. The third-order valence-electron chi connectivity index (χ3n) is 5.15. The van der Waals surface area contributed by atoms with E-state index in [2.05, 4.69) is 30.7 Å². The van der Waals surface area contributed by atoms with E-state index in [9.17, 15) is 9.59 Å². The summed E-state index contributed by atoms with van der Waals surface area (Å²) in [6.45, 7) is 13.9. The third-order valence-corrected chi connectivity index (χ3v) is 5.15. The normalized spacial score (nSPS) is 12.4. The van der Waals surface area contributed by atoms with Gasteiger partial charge in [0, 0.05) is 30.4 Å². The molecular formula is C23H35N3O3. The van der Waals surface area contributed by atoms with E-state index in [-0.39, 0.29) is 23.8 Å². The molecule has 0 saturated heterocycles. The van der Waals surface area contributed by atoms with Gasteiger partial charge in [-0.3, -0.25) is 9.59 Å². The largest absolute Gasteiger partial charge is 0.454 e. The van der Waals surface area contributed by atoms with Gasteiger partial charge < -0.3 is 19.2 Å². The first-order chi connectivity index (χ1) is 13.7. The van der Waals surface area contributed by atoms with Crippen molar-refractivity contribution in [1.82, 2.24) is 14.8 Å². The van der Waals surface area contributed by atoms with Crippen molar-refractivity contribution < 1.29 is 14.0 Å². The van der Waals surface area contributed by atoms with Gasteiger partial charge in [-0.1, -0.05) is 34.6 Å². The van der Waals surface area contributed by atoms with Crippen LogP contribution in [-0.4, -0.2) is 33.9 Å². The first kappa shape index (κ1) is 22.8. The lowest BCUT2D eigenvalue weighted by Crippen LogP contribution is -2.35. The predicted octanol–water partition coefficient (Wildman–Crippen LogP) is 4.30. The number of carbonyl (C=O) groups is 2. The molecule has 1 atom stereocenters. The van der Waals surface area contributed by atoms with Gasteiger partial charge in [-0.25, -0.2) is 0 Å². The molecule has 1 N–H and O–H groups in total. The molecule has 2 rings (SSSR count). The quantitative estimate of drug-likeness (QED) is 0.645. The van der Waals surface area contributed by atoms with Crippen LogP contribution in [0.4, 0.5) is 0 Å². The highest BCUT2D eigenvalue weighted by atomic mass is 16.4. The van der Waals surface area contributed by atoms with Crippen molar-refractivity contribution in [3.05, 3.63) is 47.7 Å². The molecule has 160 valence electrons. The van der Waals surface area contributed by atoms with Crippen LogP contribution in [0.15, 0.2) is 34.9 Å². The zero-order valence-electron chi connectivity index (χ0n) is 18.6. The number of aromatic nitrogens is 1. The predicted molar refractivity (Wildman–Crippen MR) is 115 cm³/mol. The maximum atomic E-state index is 12.5. The molecule has 0 aromatic carbocycles. The smallest absolute Gasteiger partial charge is 0.287 e. The number of nitrogens with zero attached hydrogens (tertiary/aromatic N) is 2. The lowest BCUT2D eigenvalue weighted by Gasteiger charge is -2.24. The minimum atomic E-state index is -0.193. The van der Waals surface area contributed by atoms with Gasteiger partial charge in [-0.15, -0.1) is 0 Å². The number of hydrogen-bond acceptors (Lipinski definition) is 3. The van der Waals surface area contributed by atoms with Crippen LogP contribution in [0.25, 0.3) is 0 Å². The Morgan fingerprint density at radius 3 is 2.48 bits per heavy atom. The second-order valence-electron chi connectivity index (χ2n) is 8.31. The van der Waals surface area contributed by atoms with Crippen molar-refractivity contribution in [2.75, 3.05) is 6.54 Å². The zero-order chi connectivity index (χ0) is 21.6. The Morgan fingerprint density at radius 2 is 1.86 bits per heavy atom. The number of nitrogens with one attached hydrogen (secondary N) is 1. The van der Waals surface area contributed by atoms with Gasteiger partial charge in [0.2, 0.25) is 5.91 Å². The van der Waals surface area contributed by atoms with Crippen LogP contribution >= 0.6 is 0 Å². The van der Waals surface area contributed by atoms with E-state index in [1.165, 1.54) is 0 Å². The Kier molecular flexibility index (Phi) is 8.11. The molecule has 0 aliphatic carbocycles. The minimum Gasteiger partial charge on any atom is -0.454 e. The van der Waals surface area contributed by atoms with Gasteiger partial charge in [-0.2, -0.15) is 0 Å². The molecule has 2 aromatic rings. The van der Waals surface area contributed by atoms with Gasteiger partial charge in [0.15, 0.2) is 5.76 Å². The van der Waals surface area contributed by atoms with Crippen molar-refractivity contribution in [1.29, 1.82) is 0 Å². The zero-order valence-corrected chi connectivity index (χ0v) is 18.6. The van der Waals surface area contributed by atoms with E-state index in [0.29, 0.717) is 30.5 Å². The highest BCUT2D eigenvalue weighted by molar-refractivity contribution is 5.91. The average molecular weight is 402 g/mol. The Hall–Kier alpha value is -2.50. The molecule has 2 aromatic heterocycles. The van der Waals surface area contributed by atoms with Gasteiger partial charge in [0.05, 0.1) is 13.1 Å². The summed E-state index contributed by atoms with van der Waals surface area (Å²) in [4.78, 5) is 26.7. The van der Waals surface area contributed by atoms with Crippen LogP contribution in [0.1, 0.15) is 70.0 Å². The van der Waals surface area contributed by atoms with E-state index in [0.717, 1.165) is 18.7 Å². The fourth-order valence-electron chi connectivity index (χ4n) is 3.04. The molecular weight excluding hydrogens is 366 g/mol. The standard InChI is InChI=1S/C23H35N3O3/c1-7-12-26(23(28)17(4)5)14-19-9-8-13-25(19)15-20-10-11-21(29-20)22(27)24-18(6)16(2)3/h8-11,13,16-18H,7,12,14-15H2,1-6H3,(H,24,27)/t18-/m1/s1. The summed E-state index contributed by atoms with van der Waals surface area (Å²) in [6.07, 6.45) is 2.90. The molecule has 0 bridgehead atoms. The summed E-state index contributed by atoms with van der Waals surface area (Å²) in [5.41, 5.74) is 1.04. The number of hydrogen-bond donors (Lipinski definition) is 1. The first-order valence-corrected chi connectivity index (χ1v) is 10.5. The van der Waals surface area contributed by atoms with Gasteiger partial charge in [-0.05, 0) is 43.5 Å². The molecule has 6 nitrogen and oxygen atoms in total. The highest BCUT2D eigenvalue weighted by Crippen LogP contribution is 2.15. The van der Waals surface area contributed by atoms with E-state index < -0.39 is 0 Å². The molecule has 2 heterocycles. The number of amides is 2. The molecule has 0 aliphatic rings. The maximum Gasteiger partial charge on any atom is 0.287 e. The SMILES string of the molecule is CCCN(Cc1cccn1Cc1ccc(C(=O)N[C@H](C)C(C)C)o1)C(=O)C(C)C. The number of rotatable bonds is 10. The fourth-order valence-corrected chi connectivity index (χ4v) is 3.04. The Labute approximate surface area is 174 Å². The Morgan fingerprint density at radius 1 is 1.14 bits per heavy atom. The molecule has 0 unspecified atom stereocenters. The minimum absolute atomic E-state index is 0.0238. The third kappa shape index (κ3) is 6.24. The van der Waals surface area contributed by atoms with Crippen LogP contribution in [0.3, 0.4) is 0 Å². The summed E-state index contributed by atoms with van der Waals surface area (Å²) >= 11 is 0. The summed E-state index contributed by atoms with van der Waals surface area (Å²) in [5, 5.41) is 2.96. The van der Waals surface area contributed by atoms with E-state index in [1.54, 1.807) is 6.07 Å².